The number of hydrogen-bond acceptors (Lipinski definition) is 3. The number of carbonyl (C=O) groups is 2. The SMILES string of the molecule is CC(C)(C)S(=O)Cc1cccc(NC(=O)c2ccc(C(=O)O)cc2)c1. The zero-order valence-electron chi connectivity index (χ0n) is 14.4. The first-order chi connectivity index (χ1) is 11.7. The van der Waals surface area contributed by atoms with E-state index in [1.54, 1.807) is 18.2 Å². The van der Waals surface area contributed by atoms with Crippen LogP contribution in [0.4, 0.5) is 5.69 Å². The molecule has 5 nitrogen and oxygen atoms in total. The number of hydrogen-bond donors (Lipinski definition) is 2. The summed E-state index contributed by atoms with van der Waals surface area (Å²) in [6.07, 6.45) is 0. The molecular formula is C19H21NO4S. The molecule has 2 aromatic rings. The van der Waals surface area contributed by atoms with E-state index < -0.39 is 16.8 Å². The van der Waals surface area contributed by atoms with E-state index in [1.807, 2.05) is 26.8 Å². The standard InChI is InChI=1S/C19H21NO4S/c1-19(2,3)25(24)12-13-5-4-6-16(11-13)20-17(21)14-7-9-15(10-8-14)18(22)23/h4-11H,12H2,1-3H3,(H,20,21)(H,22,23). The fourth-order valence-corrected chi connectivity index (χ4v) is 2.99. The lowest BCUT2D eigenvalue weighted by atomic mass is 10.1. The molecule has 2 aromatic carbocycles. The smallest absolute Gasteiger partial charge is 0.335 e. The minimum absolute atomic E-state index is 0.128. The third kappa shape index (κ3) is 5.26. The van der Waals surface area contributed by atoms with Crippen LogP contribution < -0.4 is 5.32 Å². The van der Waals surface area contributed by atoms with Crippen molar-refractivity contribution in [1.82, 2.24) is 0 Å². The van der Waals surface area contributed by atoms with E-state index in [1.165, 1.54) is 24.3 Å². The summed E-state index contributed by atoms with van der Waals surface area (Å²) in [7, 11) is -1.02. The molecule has 25 heavy (non-hydrogen) atoms. The van der Waals surface area contributed by atoms with Gasteiger partial charge in [-0.05, 0) is 62.7 Å². The topological polar surface area (TPSA) is 83.5 Å². The molecule has 0 saturated heterocycles. The molecule has 1 atom stereocenters. The van der Waals surface area contributed by atoms with E-state index in [-0.39, 0.29) is 16.2 Å². The van der Waals surface area contributed by atoms with Gasteiger partial charge in [0.05, 0.1) is 5.56 Å². The van der Waals surface area contributed by atoms with Crippen LogP contribution in [0.3, 0.4) is 0 Å². The van der Waals surface area contributed by atoms with Crippen LogP contribution in [0.5, 0.6) is 0 Å². The molecule has 0 saturated carbocycles. The van der Waals surface area contributed by atoms with E-state index in [0.717, 1.165) is 5.56 Å². The average Bonchev–Trinajstić information content (AvgIpc) is 2.54. The number of carboxylic acids is 1. The summed E-state index contributed by atoms with van der Waals surface area (Å²) in [5.41, 5.74) is 1.99. The summed E-state index contributed by atoms with van der Waals surface area (Å²) >= 11 is 0. The predicted octanol–water partition coefficient (Wildman–Crippen LogP) is 3.68. The van der Waals surface area contributed by atoms with Crippen molar-refractivity contribution in [3.8, 4) is 0 Å². The van der Waals surface area contributed by atoms with Crippen LogP contribution in [0.1, 0.15) is 47.1 Å². The third-order valence-corrected chi connectivity index (χ3v) is 5.52. The van der Waals surface area contributed by atoms with E-state index >= 15 is 0 Å². The number of aromatic carboxylic acids is 1. The maximum Gasteiger partial charge on any atom is 0.335 e. The Labute approximate surface area is 149 Å². The summed E-state index contributed by atoms with van der Waals surface area (Å²) in [4.78, 5) is 23.1. The molecule has 0 aliphatic heterocycles. The van der Waals surface area contributed by atoms with Gasteiger partial charge in [-0.25, -0.2) is 4.79 Å². The molecule has 0 radical (unpaired) electrons. The zero-order valence-corrected chi connectivity index (χ0v) is 15.2. The van der Waals surface area contributed by atoms with Crippen LogP contribution in [-0.2, 0) is 16.6 Å². The maximum atomic E-state index is 12.3. The van der Waals surface area contributed by atoms with Crippen LogP contribution in [0, 0.1) is 0 Å². The molecule has 0 fully saturated rings. The van der Waals surface area contributed by atoms with Gasteiger partial charge >= 0.3 is 5.97 Å². The average molecular weight is 359 g/mol. The van der Waals surface area contributed by atoms with Gasteiger partial charge in [0.2, 0.25) is 0 Å². The number of rotatable bonds is 5. The number of anilines is 1. The number of carbonyl (C=O) groups excluding carboxylic acids is 1. The molecule has 0 bridgehead atoms. The van der Waals surface area contributed by atoms with Gasteiger partial charge in [-0.2, -0.15) is 0 Å². The maximum absolute atomic E-state index is 12.3. The highest BCUT2D eigenvalue weighted by molar-refractivity contribution is 7.85. The Morgan fingerprint density at radius 1 is 1.04 bits per heavy atom. The van der Waals surface area contributed by atoms with Gasteiger partial charge in [0.25, 0.3) is 5.91 Å². The number of carboxylic acid groups (broad SMARTS) is 1. The van der Waals surface area contributed by atoms with E-state index in [2.05, 4.69) is 5.32 Å². The van der Waals surface area contributed by atoms with Gasteiger partial charge in [-0.3, -0.25) is 9.00 Å². The molecule has 1 amide bonds. The van der Waals surface area contributed by atoms with E-state index in [0.29, 0.717) is 17.0 Å². The van der Waals surface area contributed by atoms with Crippen LogP contribution >= 0.6 is 0 Å². The Hall–Kier alpha value is -2.47. The lowest BCUT2D eigenvalue weighted by Gasteiger charge is -2.18. The van der Waals surface area contributed by atoms with E-state index in [9.17, 15) is 13.8 Å². The van der Waals surface area contributed by atoms with Crippen molar-refractivity contribution in [2.75, 3.05) is 5.32 Å². The van der Waals surface area contributed by atoms with Crippen LogP contribution in [-0.4, -0.2) is 25.9 Å². The third-order valence-electron chi connectivity index (χ3n) is 3.56. The van der Waals surface area contributed by atoms with E-state index in [4.69, 9.17) is 5.11 Å². The second-order valence-electron chi connectivity index (χ2n) is 6.64. The molecule has 132 valence electrons. The van der Waals surface area contributed by atoms with Crippen molar-refractivity contribution in [3.05, 3.63) is 65.2 Å². The number of benzene rings is 2. The van der Waals surface area contributed by atoms with Gasteiger partial charge in [-0.15, -0.1) is 0 Å². The Morgan fingerprint density at radius 3 is 2.20 bits per heavy atom. The van der Waals surface area contributed by atoms with Crippen molar-refractivity contribution < 1.29 is 18.9 Å². The molecule has 0 aliphatic rings. The van der Waals surface area contributed by atoms with Crippen molar-refractivity contribution >= 4 is 28.4 Å². The predicted molar refractivity (Wildman–Crippen MR) is 99.4 cm³/mol. The lowest BCUT2D eigenvalue weighted by Crippen LogP contribution is -2.23. The second kappa shape index (κ2) is 7.61. The normalized spacial score (nSPS) is 12.4. The monoisotopic (exact) mass is 359 g/mol. The Balaban J connectivity index is 2.09. The molecule has 0 heterocycles. The molecule has 2 rings (SSSR count). The van der Waals surface area contributed by atoms with Gasteiger partial charge in [0.15, 0.2) is 0 Å². The van der Waals surface area contributed by atoms with Crippen LogP contribution in [0.2, 0.25) is 0 Å². The highest BCUT2D eigenvalue weighted by Gasteiger charge is 2.19. The van der Waals surface area contributed by atoms with Gasteiger partial charge in [0.1, 0.15) is 0 Å². The van der Waals surface area contributed by atoms with Gasteiger partial charge < -0.3 is 10.4 Å². The Morgan fingerprint density at radius 2 is 1.64 bits per heavy atom. The molecule has 2 N–H and O–H groups in total. The minimum atomic E-state index is -1.04. The molecule has 1 unspecified atom stereocenters. The summed E-state index contributed by atoms with van der Waals surface area (Å²) in [5, 5.41) is 11.7. The fraction of sp³-hybridized carbons (Fsp3) is 0.263. The lowest BCUT2D eigenvalue weighted by molar-refractivity contribution is 0.0696. The Bertz CT molecular complexity index is 807. The number of nitrogens with one attached hydrogen (secondary N) is 1. The molecule has 6 heteroatoms. The van der Waals surface area contributed by atoms with Crippen molar-refractivity contribution in [1.29, 1.82) is 0 Å². The molecule has 0 spiro atoms. The summed E-state index contributed by atoms with van der Waals surface area (Å²) in [5.74, 6) is -0.946. The summed E-state index contributed by atoms with van der Waals surface area (Å²) in [6.45, 7) is 5.78. The molecule has 0 aromatic heterocycles. The molecular weight excluding hydrogens is 338 g/mol. The van der Waals surface area contributed by atoms with Crippen LogP contribution in [0.25, 0.3) is 0 Å². The zero-order chi connectivity index (χ0) is 18.6. The quantitative estimate of drug-likeness (QED) is 0.853. The highest BCUT2D eigenvalue weighted by atomic mass is 32.2. The van der Waals surface area contributed by atoms with Gasteiger partial charge in [0, 0.05) is 32.6 Å². The van der Waals surface area contributed by atoms with Crippen LogP contribution in [0.15, 0.2) is 48.5 Å². The first kappa shape index (κ1) is 18.9. The first-order valence-electron chi connectivity index (χ1n) is 7.79. The first-order valence-corrected chi connectivity index (χ1v) is 9.11. The minimum Gasteiger partial charge on any atom is -0.478 e. The van der Waals surface area contributed by atoms with Crippen molar-refractivity contribution in [2.45, 2.75) is 31.3 Å². The van der Waals surface area contributed by atoms with Crippen molar-refractivity contribution in [3.63, 3.8) is 0 Å². The number of amides is 1. The largest absolute Gasteiger partial charge is 0.478 e. The highest BCUT2D eigenvalue weighted by Crippen LogP contribution is 2.19. The fourth-order valence-electron chi connectivity index (χ4n) is 2.07. The summed E-state index contributed by atoms with van der Waals surface area (Å²) in [6, 6.07) is 13.0. The second-order valence-corrected chi connectivity index (χ2v) is 8.84. The summed E-state index contributed by atoms with van der Waals surface area (Å²) < 4.78 is 12.0. The molecule has 0 aliphatic carbocycles. The van der Waals surface area contributed by atoms with Crippen molar-refractivity contribution in [2.24, 2.45) is 0 Å². The Kier molecular flexibility index (Phi) is 5.74. The van der Waals surface area contributed by atoms with Gasteiger partial charge in [-0.1, -0.05) is 12.1 Å².